The van der Waals surface area contributed by atoms with Crippen LogP contribution in [-0.2, 0) is 10.9 Å². The summed E-state index contributed by atoms with van der Waals surface area (Å²) < 4.78 is 42.8. The smallest absolute Gasteiger partial charge is 0.416 e. The van der Waals surface area contributed by atoms with Crippen LogP contribution in [0.3, 0.4) is 0 Å². The van der Waals surface area contributed by atoms with E-state index < -0.39 is 11.7 Å². The van der Waals surface area contributed by atoms with E-state index >= 15 is 0 Å². The van der Waals surface area contributed by atoms with Crippen molar-refractivity contribution < 1.29 is 17.9 Å². The molecule has 0 aliphatic rings. The lowest BCUT2D eigenvalue weighted by Gasteiger charge is -2.10. The third-order valence-corrected chi connectivity index (χ3v) is 2.81. The van der Waals surface area contributed by atoms with Crippen LogP contribution in [0.4, 0.5) is 13.2 Å². The summed E-state index contributed by atoms with van der Waals surface area (Å²) in [5.74, 6) is 0.518. The van der Waals surface area contributed by atoms with E-state index in [1.807, 2.05) is 30.3 Å². The first-order valence-corrected chi connectivity index (χ1v) is 5.99. The fourth-order valence-corrected chi connectivity index (χ4v) is 1.78. The van der Waals surface area contributed by atoms with Crippen LogP contribution in [0.15, 0.2) is 54.6 Å². The van der Waals surface area contributed by atoms with Gasteiger partial charge in [-0.15, -0.1) is 0 Å². The summed E-state index contributed by atoms with van der Waals surface area (Å²) in [5, 5.41) is 0. The van der Waals surface area contributed by atoms with Gasteiger partial charge < -0.3 is 4.74 Å². The zero-order valence-electron chi connectivity index (χ0n) is 10.8. The summed E-state index contributed by atoms with van der Waals surface area (Å²) in [7, 11) is 1.49. The van der Waals surface area contributed by atoms with Crippen molar-refractivity contribution in [1.29, 1.82) is 0 Å². The first kappa shape index (κ1) is 14.2. The van der Waals surface area contributed by atoms with Crippen molar-refractivity contribution in [1.82, 2.24) is 0 Å². The van der Waals surface area contributed by atoms with Gasteiger partial charge >= 0.3 is 6.18 Å². The maximum absolute atomic E-state index is 12.5. The second-order valence-corrected chi connectivity index (χ2v) is 4.20. The zero-order chi connectivity index (χ0) is 14.6. The van der Waals surface area contributed by atoms with E-state index in [-0.39, 0.29) is 0 Å². The van der Waals surface area contributed by atoms with E-state index in [2.05, 4.69) is 0 Å². The molecule has 0 saturated carbocycles. The predicted octanol–water partition coefficient (Wildman–Crippen LogP) is 4.85. The molecular formula is C16H13F3O. The van der Waals surface area contributed by atoms with Crippen molar-refractivity contribution in [2.24, 2.45) is 0 Å². The van der Waals surface area contributed by atoms with Crippen molar-refractivity contribution >= 4 is 11.8 Å². The van der Waals surface area contributed by atoms with Crippen molar-refractivity contribution in [2.45, 2.75) is 6.18 Å². The normalized spacial score (nSPS) is 12.3. The average molecular weight is 278 g/mol. The molecule has 0 radical (unpaired) electrons. The molecule has 0 unspecified atom stereocenters. The van der Waals surface area contributed by atoms with Gasteiger partial charge in [0.15, 0.2) is 0 Å². The molecule has 0 aliphatic carbocycles. The molecule has 4 heteroatoms. The molecule has 20 heavy (non-hydrogen) atoms. The zero-order valence-corrected chi connectivity index (χ0v) is 10.8. The van der Waals surface area contributed by atoms with Crippen LogP contribution in [0.25, 0.3) is 11.8 Å². The summed E-state index contributed by atoms with van der Waals surface area (Å²) in [5.41, 5.74) is 0.852. The molecule has 0 aliphatic heterocycles. The number of methoxy groups -OCH3 is 1. The van der Waals surface area contributed by atoms with Crippen LogP contribution in [-0.4, -0.2) is 7.11 Å². The number of benzene rings is 2. The van der Waals surface area contributed by atoms with Gasteiger partial charge in [-0.1, -0.05) is 42.5 Å². The lowest BCUT2D eigenvalue weighted by Crippen LogP contribution is -2.04. The van der Waals surface area contributed by atoms with E-state index in [0.717, 1.165) is 17.7 Å². The molecule has 0 saturated heterocycles. The molecule has 2 aromatic carbocycles. The summed E-state index contributed by atoms with van der Waals surface area (Å²) >= 11 is 0. The van der Waals surface area contributed by atoms with Crippen LogP contribution in [0.2, 0.25) is 0 Å². The lowest BCUT2D eigenvalue weighted by atomic mass is 10.1. The average Bonchev–Trinajstić information content (AvgIpc) is 2.45. The number of halogens is 3. The SMILES string of the molecule is CO/C(=C/c1ccccc1)c1ccc(C(F)(F)F)cc1. The van der Waals surface area contributed by atoms with Gasteiger partial charge in [0.25, 0.3) is 0 Å². The van der Waals surface area contributed by atoms with E-state index in [1.54, 1.807) is 6.08 Å². The molecule has 0 spiro atoms. The summed E-state index contributed by atoms with van der Waals surface area (Å²) in [4.78, 5) is 0. The number of ether oxygens (including phenoxy) is 1. The highest BCUT2D eigenvalue weighted by Crippen LogP contribution is 2.30. The van der Waals surface area contributed by atoms with Crippen LogP contribution < -0.4 is 0 Å². The molecule has 2 rings (SSSR count). The maximum atomic E-state index is 12.5. The Balaban J connectivity index is 2.31. The quantitative estimate of drug-likeness (QED) is 0.576. The highest BCUT2D eigenvalue weighted by molar-refractivity contribution is 5.77. The summed E-state index contributed by atoms with van der Waals surface area (Å²) in [6.07, 6.45) is -2.54. The van der Waals surface area contributed by atoms with E-state index in [4.69, 9.17) is 4.74 Å². The van der Waals surface area contributed by atoms with Gasteiger partial charge in [0.05, 0.1) is 12.7 Å². The molecule has 0 N–H and O–H groups in total. The van der Waals surface area contributed by atoms with Gasteiger partial charge in [-0.3, -0.25) is 0 Å². The minimum absolute atomic E-state index is 0.518. The third-order valence-electron chi connectivity index (χ3n) is 2.81. The Hall–Kier alpha value is -2.23. The number of alkyl halides is 3. The van der Waals surface area contributed by atoms with Crippen LogP contribution in [0.5, 0.6) is 0 Å². The van der Waals surface area contributed by atoms with Gasteiger partial charge in [0, 0.05) is 5.56 Å². The van der Waals surface area contributed by atoms with E-state index in [0.29, 0.717) is 11.3 Å². The van der Waals surface area contributed by atoms with Crippen LogP contribution in [0, 0.1) is 0 Å². The van der Waals surface area contributed by atoms with Crippen molar-refractivity contribution in [3.05, 3.63) is 71.3 Å². The summed E-state index contributed by atoms with van der Waals surface area (Å²) in [6, 6.07) is 14.3. The minimum Gasteiger partial charge on any atom is -0.496 e. The molecule has 0 fully saturated rings. The van der Waals surface area contributed by atoms with Crippen molar-refractivity contribution in [3.63, 3.8) is 0 Å². The van der Waals surface area contributed by atoms with E-state index in [9.17, 15) is 13.2 Å². The fraction of sp³-hybridized carbons (Fsp3) is 0.125. The molecule has 104 valence electrons. The Morgan fingerprint density at radius 3 is 2.05 bits per heavy atom. The Labute approximate surface area is 115 Å². The Kier molecular flexibility index (Phi) is 4.13. The molecule has 2 aromatic rings. The first-order valence-electron chi connectivity index (χ1n) is 5.99. The summed E-state index contributed by atoms with van der Waals surface area (Å²) in [6.45, 7) is 0. The van der Waals surface area contributed by atoms with Crippen molar-refractivity contribution in [3.8, 4) is 0 Å². The van der Waals surface area contributed by atoms with Gasteiger partial charge in [-0.05, 0) is 23.8 Å². The van der Waals surface area contributed by atoms with Gasteiger partial charge in [-0.25, -0.2) is 0 Å². The lowest BCUT2D eigenvalue weighted by molar-refractivity contribution is -0.137. The number of rotatable bonds is 3. The topological polar surface area (TPSA) is 9.23 Å². The molecule has 1 nitrogen and oxygen atoms in total. The Morgan fingerprint density at radius 2 is 1.55 bits per heavy atom. The second kappa shape index (κ2) is 5.82. The molecular weight excluding hydrogens is 265 g/mol. The van der Waals surface area contributed by atoms with Gasteiger partial charge in [0.1, 0.15) is 5.76 Å². The van der Waals surface area contributed by atoms with Crippen molar-refractivity contribution in [2.75, 3.05) is 7.11 Å². The minimum atomic E-state index is -4.32. The van der Waals surface area contributed by atoms with Gasteiger partial charge in [-0.2, -0.15) is 13.2 Å². The maximum Gasteiger partial charge on any atom is 0.416 e. The Morgan fingerprint density at radius 1 is 0.950 bits per heavy atom. The molecule has 0 aromatic heterocycles. The van der Waals surface area contributed by atoms with Gasteiger partial charge in [0.2, 0.25) is 0 Å². The molecule has 0 bridgehead atoms. The fourth-order valence-electron chi connectivity index (χ4n) is 1.78. The highest BCUT2D eigenvalue weighted by Gasteiger charge is 2.30. The number of hydrogen-bond acceptors (Lipinski definition) is 1. The van der Waals surface area contributed by atoms with E-state index in [1.165, 1.54) is 19.2 Å². The molecule has 0 amide bonds. The molecule has 0 atom stereocenters. The molecule has 0 heterocycles. The first-order chi connectivity index (χ1) is 9.50. The monoisotopic (exact) mass is 278 g/mol. The highest BCUT2D eigenvalue weighted by atomic mass is 19.4. The standard InChI is InChI=1S/C16H13F3O/c1-20-15(11-12-5-3-2-4-6-12)13-7-9-14(10-8-13)16(17,18)19/h2-11H,1H3/b15-11+. The predicted molar refractivity (Wildman–Crippen MR) is 72.8 cm³/mol. The Bertz CT molecular complexity index is 583. The largest absolute Gasteiger partial charge is 0.496 e. The van der Waals surface area contributed by atoms with Crippen LogP contribution in [0.1, 0.15) is 16.7 Å². The third kappa shape index (κ3) is 3.41. The van der Waals surface area contributed by atoms with Crippen LogP contribution >= 0.6 is 0 Å². The second-order valence-electron chi connectivity index (χ2n) is 4.20. The number of hydrogen-bond donors (Lipinski definition) is 0.